The molecule has 1 aliphatic heterocycles. The first kappa shape index (κ1) is 15.6. The standard InChI is InChI=1S/C18H22N2O3/c1-11(18-12(2)20-23-13(18)3)8-17(21)19-15-9-14-6-4-5-7-16(14)22-10-15/h4-7,11,15H,8-10H2,1-3H3,(H,19,21). The zero-order valence-electron chi connectivity index (χ0n) is 13.8. The highest BCUT2D eigenvalue weighted by atomic mass is 16.5. The summed E-state index contributed by atoms with van der Waals surface area (Å²) in [5, 5.41) is 7.04. The lowest BCUT2D eigenvalue weighted by Crippen LogP contribution is -2.43. The van der Waals surface area contributed by atoms with Gasteiger partial charge in [-0.25, -0.2) is 0 Å². The molecule has 1 aromatic carbocycles. The third-order valence-corrected chi connectivity index (χ3v) is 4.32. The number of carbonyl (C=O) groups excluding carboxylic acids is 1. The lowest BCUT2D eigenvalue weighted by molar-refractivity contribution is -0.122. The summed E-state index contributed by atoms with van der Waals surface area (Å²) in [5.41, 5.74) is 3.03. The molecule has 2 aromatic rings. The first-order chi connectivity index (χ1) is 11.0. The second-order valence-electron chi connectivity index (χ2n) is 6.23. The molecular weight excluding hydrogens is 292 g/mol. The van der Waals surface area contributed by atoms with Crippen LogP contribution in [0.15, 0.2) is 28.8 Å². The van der Waals surface area contributed by atoms with Crippen molar-refractivity contribution in [1.82, 2.24) is 10.5 Å². The van der Waals surface area contributed by atoms with Crippen molar-refractivity contribution in [2.45, 2.75) is 45.6 Å². The van der Waals surface area contributed by atoms with E-state index in [9.17, 15) is 4.79 Å². The average molecular weight is 314 g/mol. The number of benzene rings is 1. The maximum atomic E-state index is 12.3. The number of nitrogens with one attached hydrogen (secondary N) is 1. The Morgan fingerprint density at radius 2 is 2.17 bits per heavy atom. The van der Waals surface area contributed by atoms with E-state index in [0.29, 0.717) is 13.0 Å². The van der Waals surface area contributed by atoms with E-state index in [-0.39, 0.29) is 17.9 Å². The highest BCUT2D eigenvalue weighted by Gasteiger charge is 2.23. The van der Waals surface area contributed by atoms with Crippen molar-refractivity contribution in [2.24, 2.45) is 0 Å². The maximum Gasteiger partial charge on any atom is 0.220 e. The number of aryl methyl sites for hydroxylation is 2. The molecule has 2 unspecified atom stereocenters. The van der Waals surface area contributed by atoms with Crippen LogP contribution in [0.4, 0.5) is 0 Å². The van der Waals surface area contributed by atoms with Crippen LogP contribution in [0.1, 0.15) is 41.8 Å². The van der Waals surface area contributed by atoms with Crippen LogP contribution in [-0.4, -0.2) is 23.7 Å². The molecule has 122 valence electrons. The third kappa shape index (κ3) is 3.38. The number of ether oxygens (including phenoxy) is 1. The number of hydrogen-bond acceptors (Lipinski definition) is 4. The second-order valence-corrected chi connectivity index (χ2v) is 6.23. The molecule has 0 fully saturated rings. The summed E-state index contributed by atoms with van der Waals surface area (Å²) < 4.78 is 10.9. The highest BCUT2D eigenvalue weighted by Crippen LogP contribution is 2.27. The molecule has 5 heteroatoms. The Hall–Kier alpha value is -2.30. The molecular formula is C18H22N2O3. The molecule has 0 saturated carbocycles. The molecule has 0 radical (unpaired) electrons. The molecule has 23 heavy (non-hydrogen) atoms. The number of rotatable bonds is 4. The predicted octanol–water partition coefficient (Wildman–Crippen LogP) is 2.90. The van der Waals surface area contributed by atoms with Crippen molar-refractivity contribution in [2.75, 3.05) is 6.61 Å². The van der Waals surface area contributed by atoms with E-state index in [1.807, 2.05) is 45.0 Å². The van der Waals surface area contributed by atoms with Gasteiger partial charge in [0.2, 0.25) is 5.91 Å². The van der Waals surface area contributed by atoms with Crippen LogP contribution in [0.2, 0.25) is 0 Å². The minimum Gasteiger partial charge on any atom is -0.491 e. The topological polar surface area (TPSA) is 64.4 Å². The normalized spacial score (nSPS) is 18.0. The molecule has 1 N–H and O–H groups in total. The van der Waals surface area contributed by atoms with Gasteiger partial charge in [-0.3, -0.25) is 4.79 Å². The summed E-state index contributed by atoms with van der Waals surface area (Å²) >= 11 is 0. The molecule has 5 nitrogen and oxygen atoms in total. The van der Waals surface area contributed by atoms with Gasteiger partial charge in [-0.1, -0.05) is 30.3 Å². The number of carbonyl (C=O) groups is 1. The van der Waals surface area contributed by atoms with E-state index in [2.05, 4.69) is 10.5 Å². The van der Waals surface area contributed by atoms with Crippen molar-refractivity contribution in [3.8, 4) is 5.75 Å². The van der Waals surface area contributed by atoms with Gasteiger partial charge in [0.05, 0.1) is 11.7 Å². The number of hydrogen-bond donors (Lipinski definition) is 1. The van der Waals surface area contributed by atoms with Crippen LogP contribution in [-0.2, 0) is 11.2 Å². The SMILES string of the molecule is Cc1noc(C)c1C(C)CC(=O)NC1COc2ccccc2C1. The first-order valence-corrected chi connectivity index (χ1v) is 7.97. The van der Waals surface area contributed by atoms with E-state index < -0.39 is 0 Å². The van der Waals surface area contributed by atoms with E-state index in [4.69, 9.17) is 9.26 Å². The van der Waals surface area contributed by atoms with Crippen LogP contribution in [0, 0.1) is 13.8 Å². The summed E-state index contributed by atoms with van der Waals surface area (Å²) in [6, 6.07) is 7.98. The minimum atomic E-state index is 0.0225. The number of fused-ring (bicyclic) bond motifs is 1. The number of para-hydroxylation sites is 1. The fraction of sp³-hybridized carbons (Fsp3) is 0.444. The lowest BCUT2D eigenvalue weighted by Gasteiger charge is -2.26. The van der Waals surface area contributed by atoms with E-state index in [1.54, 1.807) is 0 Å². The predicted molar refractivity (Wildman–Crippen MR) is 86.6 cm³/mol. The summed E-state index contributed by atoms with van der Waals surface area (Å²) in [6.45, 7) is 6.34. The number of aromatic nitrogens is 1. The van der Waals surface area contributed by atoms with Gasteiger partial charge >= 0.3 is 0 Å². The summed E-state index contributed by atoms with van der Waals surface area (Å²) in [7, 11) is 0. The Labute approximate surface area is 136 Å². The van der Waals surface area contributed by atoms with Crippen LogP contribution in [0.3, 0.4) is 0 Å². The summed E-state index contributed by atoms with van der Waals surface area (Å²) in [6.07, 6.45) is 1.22. The van der Waals surface area contributed by atoms with E-state index in [0.717, 1.165) is 34.8 Å². The Morgan fingerprint density at radius 3 is 2.91 bits per heavy atom. The second kappa shape index (κ2) is 6.44. The third-order valence-electron chi connectivity index (χ3n) is 4.32. The summed E-state index contributed by atoms with van der Waals surface area (Å²) in [5.74, 6) is 1.82. The molecule has 1 amide bonds. The number of amides is 1. The molecule has 0 aliphatic carbocycles. The summed E-state index contributed by atoms with van der Waals surface area (Å²) in [4.78, 5) is 12.3. The molecule has 1 aromatic heterocycles. The van der Waals surface area contributed by atoms with Gasteiger partial charge in [0.25, 0.3) is 0 Å². The van der Waals surface area contributed by atoms with Gasteiger partial charge in [0.15, 0.2) is 0 Å². The number of nitrogens with zero attached hydrogens (tertiary/aromatic N) is 1. The van der Waals surface area contributed by atoms with Crippen molar-refractivity contribution >= 4 is 5.91 Å². The molecule has 0 bridgehead atoms. The molecule has 2 heterocycles. The fourth-order valence-electron chi connectivity index (χ4n) is 3.28. The molecule has 0 saturated heterocycles. The van der Waals surface area contributed by atoms with Crippen LogP contribution in [0.5, 0.6) is 5.75 Å². The minimum absolute atomic E-state index is 0.0225. The highest BCUT2D eigenvalue weighted by molar-refractivity contribution is 5.77. The van der Waals surface area contributed by atoms with Crippen LogP contribution < -0.4 is 10.1 Å². The van der Waals surface area contributed by atoms with E-state index in [1.165, 1.54) is 0 Å². The van der Waals surface area contributed by atoms with Gasteiger partial charge in [-0.05, 0) is 37.8 Å². The Bertz CT molecular complexity index is 689. The zero-order chi connectivity index (χ0) is 16.4. The monoisotopic (exact) mass is 314 g/mol. The van der Waals surface area contributed by atoms with Crippen molar-refractivity contribution in [3.05, 3.63) is 46.8 Å². The van der Waals surface area contributed by atoms with Gasteiger partial charge in [-0.2, -0.15) is 0 Å². The van der Waals surface area contributed by atoms with Crippen molar-refractivity contribution in [3.63, 3.8) is 0 Å². The van der Waals surface area contributed by atoms with Gasteiger partial charge in [0, 0.05) is 12.0 Å². The smallest absolute Gasteiger partial charge is 0.220 e. The van der Waals surface area contributed by atoms with Crippen LogP contribution >= 0.6 is 0 Å². The molecule has 0 spiro atoms. The first-order valence-electron chi connectivity index (χ1n) is 7.97. The Morgan fingerprint density at radius 1 is 1.39 bits per heavy atom. The fourth-order valence-corrected chi connectivity index (χ4v) is 3.28. The molecule has 1 aliphatic rings. The van der Waals surface area contributed by atoms with Gasteiger partial charge in [-0.15, -0.1) is 0 Å². The Kier molecular flexibility index (Phi) is 4.37. The van der Waals surface area contributed by atoms with Gasteiger partial charge in [0.1, 0.15) is 18.1 Å². The molecule has 3 rings (SSSR count). The Balaban J connectivity index is 1.58. The zero-order valence-corrected chi connectivity index (χ0v) is 13.8. The lowest BCUT2D eigenvalue weighted by atomic mass is 9.95. The van der Waals surface area contributed by atoms with E-state index >= 15 is 0 Å². The van der Waals surface area contributed by atoms with Crippen molar-refractivity contribution in [1.29, 1.82) is 0 Å². The largest absolute Gasteiger partial charge is 0.491 e. The van der Waals surface area contributed by atoms with Gasteiger partial charge < -0.3 is 14.6 Å². The quantitative estimate of drug-likeness (QED) is 0.942. The average Bonchev–Trinajstić information content (AvgIpc) is 2.86. The van der Waals surface area contributed by atoms with Crippen LogP contribution in [0.25, 0.3) is 0 Å². The van der Waals surface area contributed by atoms with Crippen molar-refractivity contribution < 1.29 is 14.1 Å². The molecule has 2 atom stereocenters. The maximum absolute atomic E-state index is 12.3.